The van der Waals surface area contributed by atoms with E-state index >= 15 is 0 Å². The molecule has 1 aromatic carbocycles. The zero-order valence-electron chi connectivity index (χ0n) is 12.7. The number of aromatic amines is 1. The van der Waals surface area contributed by atoms with E-state index in [4.69, 9.17) is 5.73 Å². The number of benzene rings is 1. The van der Waals surface area contributed by atoms with Crippen LogP contribution in [0, 0.1) is 5.82 Å². The first-order valence-corrected chi connectivity index (χ1v) is 7.12. The van der Waals surface area contributed by atoms with E-state index in [0.29, 0.717) is 34.1 Å². The van der Waals surface area contributed by atoms with Crippen LogP contribution in [0.25, 0.3) is 22.2 Å². The van der Waals surface area contributed by atoms with Crippen molar-refractivity contribution in [2.75, 3.05) is 11.1 Å². The Morgan fingerprint density at radius 2 is 2.17 bits per heavy atom. The molecule has 0 saturated carbocycles. The molecule has 0 aliphatic carbocycles. The van der Waals surface area contributed by atoms with Gasteiger partial charge in [-0.25, -0.2) is 14.4 Å². The van der Waals surface area contributed by atoms with Crippen molar-refractivity contribution in [2.45, 2.75) is 0 Å². The molecular weight excluding hydrogens is 311 g/mol. The van der Waals surface area contributed by atoms with Crippen LogP contribution in [-0.2, 0) is 7.05 Å². The molecule has 3 heterocycles. The number of anilines is 3. The molecule has 8 nitrogen and oxygen atoms in total. The van der Waals surface area contributed by atoms with Crippen LogP contribution in [-0.4, -0.2) is 29.7 Å². The maximum atomic E-state index is 13.5. The maximum absolute atomic E-state index is 13.5. The molecule has 3 aromatic heterocycles. The van der Waals surface area contributed by atoms with Crippen molar-refractivity contribution in [1.82, 2.24) is 29.7 Å². The quantitative estimate of drug-likeness (QED) is 0.533. The smallest absolute Gasteiger partial charge is 0.231 e. The Balaban J connectivity index is 1.73. The van der Waals surface area contributed by atoms with Crippen molar-refractivity contribution in [2.24, 2.45) is 7.05 Å². The highest BCUT2D eigenvalue weighted by atomic mass is 19.1. The molecule has 0 unspecified atom stereocenters. The molecule has 0 saturated heterocycles. The minimum atomic E-state index is -0.349. The summed E-state index contributed by atoms with van der Waals surface area (Å²) in [6, 6.07) is 4.38. The average molecular weight is 324 g/mol. The number of nitrogen functional groups attached to an aromatic ring is 1. The molecule has 0 aliphatic heterocycles. The molecule has 4 N–H and O–H groups in total. The van der Waals surface area contributed by atoms with Gasteiger partial charge in [0.05, 0.1) is 11.1 Å². The number of nitrogens with two attached hydrogens (primary N) is 1. The van der Waals surface area contributed by atoms with E-state index in [0.717, 1.165) is 0 Å². The van der Waals surface area contributed by atoms with Crippen LogP contribution in [0.5, 0.6) is 0 Å². The van der Waals surface area contributed by atoms with Crippen LogP contribution in [0.1, 0.15) is 0 Å². The second-order valence-corrected chi connectivity index (χ2v) is 5.24. The highest BCUT2D eigenvalue weighted by Gasteiger charge is 2.14. The first-order valence-electron chi connectivity index (χ1n) is 7.12. The Labute approximate surface area is 135 Å². The molecule has 0 atom stereocenters. The van der Waals surface area contributed by atoms with Gasteiger partial charge in [-0.3, -0.25) is 10.4 Å². The number of imidazole rings is 1. The number of nitrogens with one attached hydrogen (secondary N) is 2. The molecule has 0 aliphatic rings. The molecule has 0 spiro atoms. The number of halogens is 1. The zero-order chi connectivity index (χ0) is 16.7. The monoisotopic (exact) mass is 324 g/mol. The van der Waals surface area contributed by atoms with E-state index in [1.165, 1.54) is 12.1 Å². The SMILES string of the molecule is Cn1ccnc1Nc1ncc(-c2n[nH]c3ccc(F)cc23)c(N)n1. The fourth-order valence-corrected chi connectivity index (χ4v) is 2.42. The molecular formula is C15H13FN8. The lowest BCUT2D eigenvalue weighted by Gasteiger charge is -2.07. The summed E-state index contributed by atoms with van der Waals surface area (Å²) >= 11 is 0. The van der Waals surface area contributed by atoms with Crippen molar-refractivity contribution in [3.63, 3.8) is 0 Å². The van der Waals surface area contributed by atoms with Crippen molar-refractivity contribution in [3.8, 4) is 11.3 Å². The van der Waals surface area contributed by atoms with Gasteiger partial charge < -0.3 is 10.3 Å². The maximum Gasteiger partial charge on any atom is 0.231 e. The van der Waals surface area contributed by atoms with E-state index < -0.39 is 0 Å². The summed E-state index contributed by atoms with van der Waals surface area (Å²) in [5.74, 6) is 0.795. The Kier molecular flexibility index (Phi) is 3.12. The highest BCUT2D eigenvalue weighted by molar-refractivity contribution is 5.95. The Bertz CT molecular complexity index is 1040. The molecule has 0 amide bonds. The molecule has 9 heteroatoms. The first kappa shape index (κ1) is 14.1. The van der Waals surface area contributed by atoms with Crippen molar-refractivity contribution < 1.29 is 4.39 Å². The standard InChI is InChI=1S/C15H13FN8/c1-24-5-4-18-15(24)21-14-19-7-10(13(17)20-14)12-9-6-8(16)2-3-11(9)22-23-12/h2-7H,1H3,(H,22,23)(H3,17,18,19,20,21). The van der Waals surface area contributed by atoms with E-state index in [1.54, 1.807) is 29.2 Å². The Morgan fingerprint density at radius 1 is 1.29 bits per heavy atom. The number of aromatic nitrogens is 6. The lowest BCUT2D eigenvalue weighted by molar-refractivity contribution is 0.630. The molecule has 0 radical (unpaired) electrons. The number of aryl methyl sites for hydroxylation is 1. The fourth-order valence-electron chi connectivity index (χ4n) is 2.42. The predicted octanol–water partition coefficient (Wildman–Crippen LogP) is 2.22. The summed E-state index contributed by atoms with van der Waals surface area (Å²) in [5, 5.41) is 10.6. The van der Waals surface area contributed by atoms with Gasteiger partial charge >= 0.3 is 0 Å². The van der Waals surface area contributed by atoms with Crippen LogP contribution in [0.2, 0.25) is 0 Å². The highest BCUT2D eigenvalue weighted by Crippen LogP contribution is 2.30. The van der Waals surface area contributed by atoms with Crippen LogP contribution in [0.3, 0.4) is 0 Å². The van der Waals surface area contributed by atoms with Gasteiger partial charge in [0.25, 0.3) is 0 Å². The third-order valence-electron chi connectivity index (χ3n) is 3.64. The van der Waals surface area contributed by atoms with Crippen molar-refractivity contribution in [1.29, 1.82) is 0 Å². The number of hydrogen-bond acceptors (Lipinski definition) is 6. The number of fused-ring (bicyclic) bond motifs is 1. The van der Waals surface area contributed by atoms with Gasteiger partial charge in [-0.1, -0.05) is 0 Å². The largest absolute Gasteiger partial charge is 0.383 e. The van der Waals surface area contributed by atoms with E-state index in [1.807, 2.05) is 7.05 Å². The summed E-state index contributed by atoms with van der Waals surface area (Å²) in [7, 11) is 1.84. The number of hydrogen-bond donors (Lipinski definition) is 3. The van der Waals surface area contributed by atoms with Crippen LogP contribution in [0.4, 0.5) is 22.1 Å². The topological polar surface area (TPSA) is 110 Å². The minimum Gasteiger partial charge on any atom is -0.383 e. The van der Waals surface area contributed by atoms with Gasteiger partial charge in [-0.15, -0.1) is 0 Å². The fraction of sp³-hybridized carbons (Fsp3) is 0.0667. The van der Waals surface area contributed by atoms with Gasteiger partial charge in [-0.05, 0) is 18.2 Å². The first-order chi connectivity index (χ1) is 11.6. The average Bonchev–Trinajstić information content (AvgIpc) is 3.14. The van der Waals surface area contributed by atoms with E-state index in [9.17, 15) is 4.39 Å². The summed E-state index contributed by atoms with van der Waals surface area (Å²) in [6.07, 6.45) is 5.00. The molecule has 24 heavy (non-hydrogen) atoms. The number of nitrogens with zero attached hydrogens (tertiary/aromatic N) is 5. The Morgan fingerprint density at radius 3 is 2.92 bits per heavy atom. The second kappa shape index (κ2) is 5.30. The number of H-pyrrole nitrogens is 1. The summed E-state index contributed by atoms with van der Waals surface area (Å²) in [6.45, 7) is 0. The van der Waals surface area contributed by atoms with Gasteiger partial charge in [0.15, 0.2) is 0 Å². The van der Waals surface area contributed by atoms with Gasteiger partial charge in [-0.2, -0.15) is 10.1 Å². The summed E-state index contributed by atoms with van der Waals surface area (Å²) in [4.78, 5) is 12.6. The van der Waals surface area contributed by atoms with Crippen LogP contribution >= 0.6 is 0 Å². The molecule has 0 fully saturated rings. The third-order valence-corrected chi connectivity index (χ3v) is 3.64. The second-order valence-electron chi connectivity index (χ2n) is 5.24. The van der Waals surface area contributed by atoms with Gasteiger partial charge in [0.1, 0.15) is 17.3 Å². The predicted molar refractivity (Wildman–Crippen MR) is 88.0 cm³/mol. The minimum absolute atomic E-state index is 0.236. The van der Waals surface area contributed by atoms with E-state index in [-0.39, 0.29) is 11.6 Å². The molecule has 0 bridgehead atoms. The summed E-state index contributed by atoms with van der Waals surface area (Å²) < 4.78 is 15.3. The number of rotatable bonds is 3. The molecule has 4 rings (SSSR count). The van der Waals surface area contributed by atoms with Crippen LogP contribution in [0.15, 0.2) is 36.8 Å². The summed E-state index contributed by atoms with van der Waals surface area (Å²) in [5.41, 5.74) is 7.78. The lowest BCUT2D eigenvalue weighted by Crippen LogP contribution is -2.05. The van der Waals surface area contributed by atoms with Crippen LogP contribution < -0.4 is 11.1 Å². The molecule has 120 valence electrons. The van der Waals surface area contributed by atoms with Gasteiger partial charge in [0, 0.05) is 31.0 Å². The van der Waals surface area contributed by atoms with Crippen molar-refractivity contribution >= 4 is 28.6 Å². The molecule has 4 aromatic rings. The van der Waals surface area contributed by atoms with Gasteiger partial charge in [0.2, 0.25) is 11.9 Å². The van der Waals surface area contributed by atoms with Crippen molar-refractivity contribution in [3.05, 3.63) is 42.6 Å². The normalized spacial score (nSPS) is 11.1. The zero-order valence-corrected chi connectivity index (χ0v) is 12.7. The Hall–Kier alpha value is -3.49. The van der Waals surface area contributed by atoms with E-state index in [2.05, 4.69) is 30.5 Å². The lowest BCUT2D eigenvalue weighted by atomic mass is 10.1. The third kappa shape index (κ3) is 2.32.